The van der Waals surface area contributed by atoms with E-state index in [1.165, 1.54) is 4.31 Å². The summed E-state index contributed by atoms with van der Waals surface area (Å²) in [5.74, 6) is 0.371. The smallest absolute Gasteiger partial charge is 0.308 e. The Morgan fingerprint density at radius 3 is 2.33 bits per heavy atom. The zero-order valence-corrected chi connectivity index (χ0v) is 21.9. The molecule has 10 heteroatoms. The first-order chi connectivity index (χ1) is 17.2. The van der Waals surface area contributed by atoms with Crippen LogP contribution in [0.15, 0.2) is 71.5 Å². The quantitative estimate of drug-likeness (QED) is 0.342. The second-order valence-electron chi connectivity index (χ2n) is 8.14. The van der Waals surface area contributed by atoms with Gasteiger partial charge in [0.2, 0.25) is 10.0 Å². The molecule has 1 aromatic heterocycles. The maximum absolute atomic E-state index is 12.8. The monoisotopic (exact) mass is 525 g/mol. The van der Waals surface area contributed by atoms with Crippen molar-refractivity contribution in [3.8, 4) is 5.75 Å². The van der Waals surface area contributed by atoms with E-state index in [-0.39, 0.29) is 17.3 Å². The third-order valence-electron chi connectivity index (χ3n) is 5.62. The summed E-state index contributed by atoms with van der Waals surface area (Å²) < 4.78 is 34.2. The minimum atomic E-state index is -3.54. The number of carbonyl (C=O) groups excluding carboxylic acids is 1. The molecule has 0 atom stereocenters. The van der Waals surface area contributed by atoms with Crippen LogP contribution in [0.1, 0.15) is 29.8 Å². The van der Waals surface area contributed by atoms with E-state index in [2.05, 4.69) is 5.32 Å². The second-order valence-corrected chi connectivity index (χ2v) is 11.0. The summed E-state index contributed by atoms with van der Waals surface area (Å²) in [4.78, 5) is 24.8. The van der Waals surface area contributed by atoms with Crippen LogP contribution in [-0.2, 0) is 23.1 Å². The van der Waals surface area contributed by atoms with E-state index in [1.807, 2.05) is 19.9 Å². The summed E-state index contributed by atoms with van der Waals surface area (Å²) in [6.07, 6.45) is 1.16. The van der Waals surface area contributed by atoms with Gasteiger partial charge in [-0.3, -0.25) is 18.5 Å². The number of rotatable bonds is 9. The molecule has 0 aliphatic carbocycles. The van der Waals surface area contributed by atoms with Crippen molar-refractivity contribution in [3.05, 3.63) is 87.5 Å². The highest BCUT2D eigenvalue weighted by Crippen LogP contribution is 2.25. The number of amides is 1. The SMILES string of the molecule is CCOc1ccc(N(Cc2ccc(C(=O)Nc3ccc4c(c3)sc(=O)n4CC)cc2)S(C)(=O)=O)cc1. The molecule has 0 aliphatic heterocycles. The van der Waals surface area contributed by atoms with E-state index in [0.29, 0.717) is 35.8 Å². The van der Waals surface area contributed by atoms with E-state index in [0.717, 1.165) is 33.4 Å². The highest BCUT2D eigenvalue weighted by molar-refractivity contribution is 7.92. The lowest BCUT2D eigenvalue weighted by Crippen LogP contribution is -2.29. The van der Waals surface area contributed by atoms with Gasteiger partial charge in [0.25, 0.3) is 5.91 Å². The van der Waals surface area contributed by atoms with E-state index in [4.69, 9.17) is 4.74 Å². The highest BCUT2D eigenvalue weighted by Gasteiger charge is 2.18. The Labute approximate surface area is 213 Å². The number of aromatic nitrogens is 1. The molecule has 0 spiro atoms. The molecule has 0 radical (unpaired) electrons. The van der Waals surface area contributed by atoms with Crippen LogP contribution >= 0.6 is 11.3 Å². The number of aryl methyl sites for hydroxylation is 1. The summed E-state index contributed by atoms with van der Waals surface area (Å²) in [6, 6.07) is 19.1. The van der Waals surface area contributed by atoms with Crippen molar-refractivity contribution in [1.82, 2.24) is 4.57 Å². The van der Waals surface area contributed by atoms with Gasteiger partial charge >= 0.3 is 4.87 Å². The summed E-state index contributed by atoms with van der Waals surface area (Å²) >= 11 is 1.15. The van der Waals surface area contributed by atoms with Crippen molar-refractivity contribution < 1.29 is 17.9 Å². The molecule has 36 heavy (non-hydrogen) atoms. The second kappa shape index (κ2) is 10.5. The van der Waals surface area contributed by atoms with E-state index < -0.39 is 10.0 Å². The fourth-order valence-corrected chi connectivity index (χ4v) is 5.73. The fraction of sp³-hybridized carbons (Fsp3) is 0.231. The van der Waals surface area contributed by atoms with Gasteiger partial charge < -0.3 is 10.1 Å². The first kappa shape index (κ1) is 25.5. The van der Waals surface area contributed by atoms with Crippen LogP contribution < -0.4 is 19.2 Å². The molecule has 8 nitrogen and oxygen atoms in total. The Kier molecular flexibility index (Phi) is 7.46. The topological polar surface area (TPSA) is 97.7 Å². The number of hydrogen-bond acceptors (Lipinski definition) is 6. The number of fused-ring (bicyclic) bond motifs is 1. The number of thiazole rings is 1. The molecule has 4 aromatic rings. The molecule has 0 fully saturated rings. The first-order valence-corrected chi connectivity index (χ1v) is 14.1. The largest absolute Gasteiger partial charge is 0.494 e. The van der Waals surface area contributed by atoms with Crippen LogP contribution in [-0.4, -0.2) is 31.8 Å². The Hall–Kier alpha value is -3.63. The minimum Gasteiger partial charge on any atom is -0.494 e. The average molecular weight is 526 g/mol. The van der Waals surface area contributed by atoms with E-state index in [9.17, 15) is 18.0 Å². The molecule has 0 aliphatic rings. The molecule has 1 N–H and O–H groups in total. The van der Waals surface area contributed by atoms with Crippen LogP contribution in [0.25, 0.3) is 10.2 Å². The zero-order chi connectivity index (χ0) is 25.9. The van der Waals surface area contributed by atoms with Crippen LogP contribution in [0, 0.1) is 0 Å². The number of hydrogen-bond donors (Lipinski definition) is 1. The maximum atomic E-state index is 12.8. The molecule has 3 aromatic carbocycles. The van der Waals surface area contributed by atoms with Gasteiger partial charge in [0.15, 0.2) is 0 Å². The molecule has 0 saturated carbocycles. The van der Waals surface area contributed by atoms with Crippen molar-refractivity contribution in [2.24, 2.45) is 0 Å². The zero-order valence-electron chi connectivity index (χ0n) is 20.2. The Balaban J connectivity index is 1.48. The van der Waals surface area contributed by atoms with Crippen LogP contribution in [0.5, 0.6) is 5.75 Å². The molecule has 188 valence electrons. The molecule has 4 rings (SSSR count). The molecule has 1 amide bonds. The van der Waals surface area contributed by atoms with Gasteiger partial charge in [0.05, 0.1) is 35.3 Å². The molecule has 1 heterocycles. The summed E-state index contributed by atoms with van der Waals surface area (Å²) in [6.45, 7) is 5.04. The fourth-order valence-electron chi connectivity index (χ4n) is 3.85. The van der Waals surface area contributed by atoms with Crippen LogP contribution in [0.2, 0.25) is 0 Å². The number of sulfonamides is 1. The predicted molar refractivity (Wildman–Crippen MR) is 145 cm³/mol. The van der Waals surface area contributed by atoms with Crippen LogP contribution in [0.4, 0.5) is 11.4 Å². The van der Waals surface area contributed by atoms with Crippen molar-refractivity contribution in [2.75, 3.05) is 22.5 Å². The summed E-state index contributed by atoms with van der Waals surface area (Å²) in [7, 11) is -3.54. The van der Waals surface area contributed by atoms with Crippen molar-refractivity contribution in [3.63, 3.8) is 0 Å². The number of ether oxygens (including phenoxy) is 1. The maximum Gasteiger partial charge on any atom is 0.308 e. The van der Waals surface area contributed by atoms with Crippen LogP contribution in [0.3, 0.4) is 0 Å². The van der Waals surface area contributed by atoms with E-state index >= 15 is 0 Å². The number of nitrogens with zero attached hydrogens (tertiary/aromatic N) is 2. The molecular formula is C26H27N3O5S2. The Morgan fingerprint density at radius 1 is 1.03 bits per heavy atom. The lowest BCUT2D eigenvalue weighted by molar-refractivity contribution is 0.102. The van der Waals surface area contributed by atoms with Crippen molar-refractivity contribution >= 4 is 48.9 Å². The average Bonchev–Trinajstić information content (AvgIpc) is 3.17. The third-order valence-corrected chi connectivity index (χ3v) is 7.70. The normalized spacial score (nSPS) is 11.4. The predicted octanol–water partition coefficient (Wildman–Crippen LogP) is 4.70. The van der Waals surface area contributed by atoms with Gasteiger partial charge in [0.1, 0.15) is 5.75 Å². The molecule has 0 unspecified atom stereocenters. The summed E-state index contributed by atoms with van der Waals surface area (Å²) in [5.41, 5.74) is 3.14. The summed E-state index contributed by atoms with van der Waals surface area (Å²) in [5, 5.41) is 2.86. The standard InChI is InChI=1S/C26H27N3O5S2/c1-4-28-23-15-10-20(16-24(23)35-26(28)31)27-25(30)19-8-6-18(7-9-19)17-29(36(3,32)33)21-11-13-22(14-12-21)34-5-2/h6-16H,4-5,17H2,1-3H3,(H,27,30). The number of anilines is 2. The van der Waals surface area contributed by atoms with Gasteiger partial charge in [-0.2, -0.15) is 0 Å². The Bertz CT molecular complexity index is 1540. The van der Waals surface area contributed by atoms with Gasteiger partial charge in [0, 0.05) is 17.8 Å². The lowest BCUT2D eigenvalue weighted by atomic mass is 10.1. The van der Waals surface area contributed by atoms with Crippen molar-refractivity contribution in [1.29, 1.82) is 0 Å². The molecule has 0 bridgehead atoms. The van der Waals surface area contributed by atoms with Gasteiger partial charge in [-0.1, -0.05) is 23.5 Å². The Morgan fingerprint density at radius 2 is 1.72 bits per heavy atom. The van der Waals surface area contributed by atoms with Gasteiger partial charge in [-0.25, -0.2) is 8.42 Å². The molecular weight excluding hydrogens is 498 g/mol. The first-order valence-electron chi connectivity index (χ1n) is 11.4. The highest BCUT2D eigenvalue weighted by atomic mass is 32.2. The van der Waals surface area contributed by atoms with Gasteiger partial charge in [-0.15, -0.1) is 0 Å². The third kappa shape index (κ3) is 5.60. The van der Waals surface area contributed by atoms with Gasteiger partial charge in [-0.05, 0) is 74.0 Å². The molecule has 0 saturated heterocycles. The number of carbonyl (C=O) groups is 1. The number of nitrogens with one attached hydrogen (secondary N) is 1. The van der Waals surface area contributed by atoms with Crippen molar-refractivity contribution in [2.45, 2.75) is 26.9 Å². The van der Waals surface area contributed by atoms with E-state index in [1.54, 1.807) is 65.2 Å². The minimum absolute atomic E-state index is 0.0278. The lowest BCUT2D eigenvalue weighted by Gasteiger charge is -2.23. The number of benzene rings is 3.